The number of imidazole rings is 1. The van der Waals surface area contributed by atoms with Gasteiger partial charge in [0.1, 0.15) is 16.8 Å². The molecule has 4 heterocycles. The number of rotatable bonds is 6. The fourth-order valence-electron chi connectivity index (χ4n) is 5.86. The number of aromatic nitrogens is 3. The lowest BCUT2D eigenvalue weighted by Crippen LogP contribution is -2.38. The van der Waals surface area contributed by atoms with Crippen molar-refractivity contribution in [2.45, 2.75) is 32.2 Å². The van der Waals surface area contributed by atoms with Crippen molar-refractivity contribution in [3.8, 4) is 17.2 Å². The van der Waals surface area contributed by atoms with Crippen molar-refractivity contribution >= 4 is 33.3 Å². The van der Waals surface area contributed by atoms with Crippen molar-refractivity contribution in [3.05, 3.63) is 89.0 Å². The Morgan fingerprint density at radius 1 is 1.07 bits per heavy atom. The Balaban J connectivity index is 1.40. The van der Waals surface area contributed by atoms with Gasteiger partial charge in [-0.05, 0) is 43.2 Å². The van der Waals surface area contributed by atoms with E-state index in [-0.39, 0.29) is 28.3 Å². The molecule has 5 aromatic rings. The predicted molar refractivity (Wildman–Crippen MR) is 152 cm³/mol. The minimum Gasteiger partial charge on any atom is -0.451 e. The summed E-state index contributed by atoms with van der Waals surface area (Å²) in [6.45, 7) is 2.43. The first-order valence-electron chi connectivity index (χ1n) is 13.7. The largest absolute Gasteiger partial charge is 0.451 e. The number of amides is 1. The van der Waals surface area contributed by atoms with Crippen LogP contribution < -0.4 is 15.5 Å². The monoisotopic (exact) mass is 537 g/mol. The second-order valence-corrected chi connectivity index (χ2v) is 10.4. The number of carbonyl (C=O) groups excluding carboxylic acids is 1. The quantitative estimate of drug-likeness (QED) is 0.275. The number of nitrogens with zero attached hydrogens (tertiary/aromatic N) is 4. The number of benzene rings is 3. The molecular formula is C31H28FN5O3. The summed E-state index contributed by atoms with van der Waals surface area (Å²) in [5, 5.41) is 5.22. The van der Waals surface area contributed by atoms with E-state index in [2.05, 4.69) is 10.3 Å². The van der Waals surface area contributed by atoms with E-state index in [9.17, 15) is 9.59 Å². The second kappa shape index (κ2) is 9.82. The van der Waals surface area contributed by atoms with Crippen LogP contribution in [-0.2, 0) is 6.54 Å². The van der Waals surface area contributed by atoms with Gasteiger partial charge in [0.2, 0.25) is 5.43 Å². The normalized spacial score (nSPS) is 14.3. The summed E-state index contributed by atoms with van der Waals surface area (Å²) in [5.74, 6) is -0.137. The van der Waals surface area contributed by atoms with Gasteiger partial charge in [0.15, 0.2) is 17.3 Å². The zero-order valence-electron chi connectivity index (χ0n) is 21.9. The van der Waals surface area contributed by atoms with Gasteiger partial charge in [-0.1, -0.05) is 30.3 Å². The van der Waals surface area contributed by atoms with E-state index in [0.717, 1.165) is 48.7 Å². The SMILES string of the molecule is O=C(c1cn2c3c(c(NCCCn4ccnc4)c(F)cc3c1=O)Oc1ccc3ccccc3c1-2)N1CCCCC1. The molecule has 0 spiro atoms. The predicted octanol–water partition coefficient (Wildman–Crippen LogP) is 5.71. The summed E-state index contributed by atoms with van der Waals surface area (Å²) in [4.78, 5) is 33.2. The molecule has 40 heavy (non-hydrogen) atoms. The highest BCUT2D eigenvalue weighted by Gasteiger charge is 2.30. The maximum atomic E-state index is 15.7. The molecule has 1 saturated heterocycles. The minimum atomic E-state index is -0.597. The number of piperidine rings is 1. The van der Waals surface area contributed by atoms with E-state index in [1.165, 1.54) is 6.07 Å². The van der Waals surface area contributed by atoms with Gasteiger partial charge in [-0.2, -0.15) is 0 Å². The summed E-state index contributed by atoms with van der Waals surface area (Å²) in [6, 6.07) is 12.9. The van der Waals surface area contributed by atoms with Crippen molar-refractivity contribution in [3.63, 3.8) is 0 Å². The number of fused-ring (bicyclic) bond motifs is 4. The zero-order chi connectivity index (χ0) is 27.2. The Bertz CT molecular complexity index is 1820. The van der Waals surface area contributed by atoms with Crippen LogP contribution in [0.15, 0.2) is 72.2 Å². The summed E-state index contributed by atoms with van der Waals surface area (Å²) < 4.78 is 25.9. The number of aryl methyl sites for hydroxylation is 1. The molecule has 0 unspecified atom stereocenters. The molecule has 7 rings (SSSR count). The fourth-order valence-corrected chi connectivity index (χ4v) is 5.86. The molecule has 2 aliphatic heterocycles. The summed E-state index contributed by atoms with van der Waals surface area (Å²) in [6.07, 6.45) is 10.6. The van der Waals surface area contributed by atoms with Gasteiger partial charge in [0.25, 0.3) is 5.91 Å². The van der Waals surface area contributed by atoms with Gasteiger partial charge in [0, 0.05) is 50.2 Å². The molecule has 1 fully saturated rings. The Hall–Kier alpha value is -4.66. The number of ether oxygens (including phenoxy) is 1. The van der Waals surface area contributed by atoms with Crippen molar-refractivity contribution < 1.29 is 13.9 Å². The number of anilines is 1. The third-order valence-electron chi connectivity index (χ3n) is 7.84. The van der Waals surface area contributed by atoms with Gasteiger partial charge >= 0.3 is 0 Å². The molecular weight excluding hydrogens is 509 g/mol. The Morgan fingerprint density at radius 2 is 1.93 bits per heavy atom. The molecule has 0 saturated carbocycles. The Kier molecular flexibility index (Phi) is 5.99. The van der Waals surface area contributed by atoms with Crippen LogP contribution in [0.1, 0.15) is 36.0 Å². The van der Waals surface area contributed by atoms with Crippen molar-refractivity contribution in [1.29, 1.82) is 0 Å². The number of hydrogen-bond donors (Lipinski definition) is 1. The molecule has 1 amide bonds. The lowest BCUT2D eigenvalue weighted by atomic mass is 10.0. The number of pyridine rings is 1. The number of hydrogen-bond acceptors (Lipinski definition) is 5. The minimum absolute atomic E-state index is 0.0431. The number of carbonyl (C=O) groups is 1. The van der Waals surface area contributed by atoms with E-state index in [1.54, 1.807) is 23.6 Å². The molecule has 202 valence electrons. The van der Waals surface area contributed by atoms with Crippen molar-refractivity contribution in [2.24, 2.45) is 0 Å². The van der Waals surface area contributed by atoms with Gasteiger partial charge in [0.05, 0.1) is 17.4 Å². The fraction of sp³-hybridized carbons (Fsp3) is 0.258. The third kappa shape index (κ3) is 4.00. The number of likely N-dealkylation sites (tertiary alicyclic amines) is 1. The van der Waals surface area contributed by atoms with Crippen molar-refractivity contribution in [1.82, 2.24) is 19.0 Å². The maximum Gasteiger partial charge on any atom is 0.259 e. The van der Waals surface area contributed by atoms with Crippen LogP contribution in [0.2, 0.25) is 0 Å². The molecule has 8 nitrogen and oxygen atoms in total. The van der Waals surface area contributed by atoms with Crippen LogP contribution in [0.5, 0.6) is 11.5 Å². The van der Waals surface area contributed by atoms with Crippen molar-refractivity contribution in [2.75, 3.05) is 25.0 Å². The van der Waals surface area contributed by atoms with Crippen LogP contribution in [-0.4, -0.2) is 44.6 Å². The van der Waals surface area contributed by atoms with E-state index in [4.69, 9.17) is 4.74 Å². The average molecular weight is 538 g/mol. The molecule has 2 aliphatic rings. The Labute approximate surface area is 229 Å². The second-order valence-electron chi connectivity index (χ2n) is 10.4. The smallest absolute Gasteiger partial charge is 0.259 e. The van der Waals surface area contributed by atoms with E-state index in [0.29, 0.717) is 30.9 Å². The van der Waals surface area contributed by atoms with Gasteiger partial charge in [-0.15, -0.1) is 0 Å². The standard InChI is InChI=1S/C31H28FN5O3/c32-24-17-22-28-30(26(24)34-11-6-13-35-16-12-33-19-35)40-25-10-9-20-7-2-3-8-21(20)27(25)37(28)18-23(29(22)38)31(39)36-14-4-1-5-15-36/h2-3,7-10,12,16-19,34H,1,4-6,11,13-15H2. The molecule has 0 atom stereocenters. The molecule has 3 aromatic carbocycles. The first-order valence-corrected chi connectivity index (χ1v) is 13.7. The van der Waals surface area contributed by atoms with E-state index < -0.39 is 11.2 Å². The van der Waals surface area contributed by atoms with Crippen LogP contribution in [0.25, 0.3) is 27.4 Å². The zero-order valence-corrected chi connectivity index (χ0v) is 21.9. The lowest BCUT2D eigenvalue weighted by molar-refractivity contribution is 0.0722. The summed E-state index contributed by atoms with van der Waals surface area (Å²) >= 11 is 0. The van der Waals surface area contributed by atoms with Gasteiger partial charge in [-0.25, -0.2) is 9.37 Å². The molecule has 9 heteroatoms. The summed E-state index contributed by atoms with van der Waals surface area (Å²) in [5.41, 5.74) is 0.922. The highest BCUT2D eigenvalue weighted by Crippen LogP contribution is 2.47. The van der Waals surface area contributed by atoms with Crippen LogP contribution in [0, 0.1) is 5.82 Å². The van der Waals surface area contributed by atoms with E-state index >= 15 is 4.39 Å². The topological polar surface area (TPSA) is 81.4 Å². The van der Waals surface area contributed by atoms with Gasteiger partial charge < -0.3 is 24.1 Å². The first kappa shape index (κ1) is 24.4. The lowest BCUT2D eigenvalue weighted by Gasteiger charge is -2.29. The Morgan fingerprint density at radius 3 is 2.75 bits per heavy atom. The highest BCUT2D eigenvalue weighted by atomic mass is 19.1. The summed E-state index contributed by atoms with van der Waals surface area (Å²) in [7, 11) is 0. The maximum absolute atomic E-state index is 15.7. The first-order chi connectivity index (χ1) is 19.6. The van der Waals surface area contributed by atoms with Crippen LogP contribution in [0.3, 0.4) is 0 Å². The third-order valence-corrected chi connectivity index (χ3v) is 7.84. The molecule has 0 bridgehead atoms. The molecule has 0 aliphatic carbocycles. The number of nitrogens with one attached hydrogen (secondary N) is 1. The number of halogens is 1. The molecule has 1 N–H and O–H groups in total. The molecule has 2 aromatic heterocycles. The van der Waals surface area contributed by atoms with Gasteiger partial charge in [-0.3, -0.25) is 9.59 Å². The van der Waals surface area contributed by atoms with Crippen LogP contribution >= 0.6 is 0 Å². The van der Waals surface area contributed by atoms with Crippen LogP contribution in [0.4, 0.5) is 10.1 Å². The highest BCUT2D eigenvalue weighted by molar-refractivity contribution is 6.04. The van der Waals surface area contributed by atoms with E-state index in [1.807, 2.05) is 51.7 Å². The molecule has 0 radical (unpaired) electrons. The average Bonchev–Trinajstić information content (AvgIpc) is 3.51.